The van der Waals surface area contributed by atoms with Crippen LogP contribution in [0.25, 0.3) is 0 Å². The minimum absolute atomic E-state index is 0.146. The van der Waals surface area contributed by atoms with E-state index in [1.165, 1.54) is 11.8 Å². The molecule has 1 heterocycles. The first-order valence-electron chi connectivity index (χ1n) is 7.02. The first-order valence-corrected chi connectivity index (χ1v) is 7.80. The first kappa shape index (κ1) is 18.9. The normalized spacial score (nSPS) is 18.9. The number of ether oxygens (including phenoxy) is 1. The molecule has 0 aliphatic carbocycles. The van der Waals surface area contributed by atoms with Crippen LogP contribution in [-0.2, 0) is 14.5 Å². The zero-order valence-electron chi connectivity index (χ0n) is 12.9. The molecule has 1 aliphatic rings. The molecule has 1 atom stereocenters. The SMILES string of the molecule is C=C(/C=C\C(Cl)=C\OCC=C(C)C)NC(=S)C1CCOOC1. The van der Waals surface area contributed by atoms with Crippen LogP contribution in [0.3, 0.4) is 0 Å². The van der Waals surface area contributed by atoms with E-state index in [-0.39, 0.29) is 5.92 Å². The van der Waals surface area contributed by atoms with Gasteiger partial charge in [0.2, 0.25) is 0 Å². The van der Waals surface area contributed by atoms with Gasteiger partial charge in [0, 0.05) is 11.6 Å². The maximum atomic E-state index is 6.02. The average Bonchev–Trinajstić information content (AvgIpc) is 2.50. The van der Waals surface area contributed by atoms with Crippen molar-refractivity contribution in [1.82, 2.24) is 5.32 Å². The third-order valence-corrected chi connectivity index (χ3v) is 3.43. The zero-order chi connectivity index (χ0) is 16.4. The highest BCUT2D eigenvalue weighted by molar-refractivity contribution is 7.80. The van der Waals surface area contributed by atoms with Gasteiger partial charge in [0.25, 0.3) is 0 Å². The molecular formula is C16H22ClNO3S. The number of rotatable bonds is 7. The van der Waals surface area contributed by atoms with Gasteiger partial charge >= 0.3 is 0 Å². The van der Waals surface area contributed by atoms with Gasteiger partial charge < -0.3 is 10.1 Å². The fraction of sp³-hybridized carbons (Fsp3) is 0.438. The van der Waals surface area contributed by atoms with Crippen molar-refractivity contribution in [2.75, 3.05) is 19.8 Å². The van der Waals surface area contributed by atoms with Gasteiger partial charge in [-0.15, -0.1) is 0 Å². The van der Waals surface area contributed by atoms with E-state index in [0.717, 1.165) is 6.42 Å². The molecule has 0 aromatic carbocycles. The summed E-state index contributed by atoms with van der Waals surface area (Å²) in [7, 11) is 0. The van der Waals surface area contributed by atoms with E-state index in [9.17, 15) is 0 Å². The van der Waals surface area contributed by atoms with Gasteiger partial charge in [-0.3, -0.25) is 0 Å². The highest BCUT2D eigenvalue weighted by Crippen LogP contribution is 2.13. The third kappa shape index (κ3) is 8.34. The number of hydrogen-bond acceptors (Lipinski definition) is 4. The summed E-state index contributed by atoms with van der Waals surface area (Å²) in [6.07, 6.45) is 7.74. The molecule has 0 aromatic heterocycles. The van der Waals surface area contributed by atoms with Crippen LogP contribution in [-0.4, -0.2) is 24.8 Å². The molecule has 22 heavy (non-hydrogen) atoms. The van der Waals surface area contributed by atoms with E-state index in [0.29, 0.717) is 35.5 Å². The van der Waals surface area contributed by atoms with Gasteiger partial charge in [0.05, 0.1) is 23.2 Å². The van der Waals surface area contributed by atoms with Crippen LogP contribution in [0.15, 0.2) is 47.4 Å². The van der Waals surface area contributed by atoms with Gasteiger partial charge in [-0.1, -0.05) is 36.0 Å². The fourth-order valence-electron chi connectivity index (χ4n) is 1.53. The quantitative estimate of drug-likeness (QED) is 0.189. The predicted molar refractivity (Wildman–Crippen MR) is 93.3 cm³/mol. The van der Waals surface area contributed by atoms with Gasteiger partial charge in [-0.25, -0.2) is 9.78 Å². The third-order valence-electron chi connectivity index (χ3n) is 2.78. The van der Waals surface area contributed by atoms with Crippen LogP contribution in [0.5, 0.6) is 0 Å². The molecule has 0 bridgehead atoms. The fourth-order valence-corrected chi connectivity index (χ4v) is 1.98. The minimum Gasteiger partial charge on any atom is -0.496 e. The maximum Gasteiger partial charge on any atom is 0.106 e. The second-order valence-electron chi connectivity index (χ2n) is 5.06. The van der Waals surface area contributed by atoms with E-state index < -0.39 is 0 Å². The average molecular weight is 344 g/mol. The molecule has 122 valence electrons. The lowest BCUT2D eigenvalue weighted by Gasteiger charge is -2.22. The van der Waals surface area contributed by atoms with Crippen molar-refractivity contribution >= 4 is 28.8 Å². The van der Waals surface area contributed by atoms with Crippen molar-refractivity contribution in [2.24, 2.45) is 5.92 Å². The van der Waals surface area contributed by atoms with Gasteiger partial charge in [-0.2, -0.15) is 0 Å². The Morgan fingerprint density at radius 3 is 2.82 bits per heavy atom. The Kier molecular flexibility index (Phi) is 9.08. The largest absolute Gasteiger partial charge is 0.496 e. The monoisotopic (exact) mass is 343 g/mol. The Hall–Kier alpha value is -1.14. The van der Waals surface area contributed by atoms with Crippen molar-refractivity contribution in [3.8, 4) is 0 Å². The summed E-state index contributed by atoms with van der Waals surface area (Å²) in [5.74, 6) is 0.146. The molecule has 1 unspecified atom stereocenters. The van der Waals surface area contributed by atoms with Crippen LogP contribution in [0, 0.1) is 5.92 Å². The molecule has 1 rings (SSSR count). The summed E-state index contributed by atoms with van der Waals surface area (Å²) >= 11 is 11.3. The Morgan fingerprint density at radius 2 is 2.18 bits per heavy atom. The molecule has 1 saturated heterocycles. The van der Waals surface area contributed by atoms with Gasteiger partial charge in [0.1, 0.15) is 12.9 Å². The van der Waals surface area contributed by atoms with Crippen molar-refractivity contribution < 1.29 is 14.5 Å². The summed E-state index contributed by atoms with van der Waals surface area (Å²) in [5.41, 5.74) is 1.86. The molecule has 6 heteroatoms. The first-order chi connectivity index (χ1) is 10.5. The summed E-state index contributed by atoms with van der Waals surface area (Å²) in [5, 5.41) is 3.54. The van der Waals surface area contributed by atoms with Crippen LogP contribution < -0.4 is 5.32 Å². The second-order valence-corrected chi connectivity index (χ2v) is 5.93. The summed E-state index contributed by atoms with van der Waals surface area (Å²) < 4.78 is 5.29. The van der Waals surface area contributed by atoms with E-state index in [1.807, 2.05) is 19.9 Å². The Morgan fingerprint density at radius 1 is 1.41 bits per heavy atom. The van der Waals surface area contributed by atoms with Crippen LogP contribution in [0.2, 0.25) is 0 Å². The second kappa shape index (κ2) is 10.6. The lowest BCUT2D eigenvalue weighted by atomic mass is 10.1. The van der Waals surface area contributed by atoms with Crippen LogP contribution >= 0.6 is 23.8 Å². The number of hydrogen-bond donors (Lipinski definition) is 1. The van der Waals surface area contributed by atoms with Crippen molar-refractivity contribution in [1.29, 1.82) is 0 Å². The minimum atomic E-state index is 0.146. The van der Waals surface area contributed by atoms with Crippen molar-refractivity contribution in [3.05, 3.63) is 47.4 Å². The molecule has 1 aliphatic heterocycles. The predicted octanol–water partition coefficient (Wildman–Crippen LogP) is 4.00. The Balaban J connectivity index is 2.34. The van der Waals surface area contributed by atoms with Crippen LogP contribution in [0.4, 0.5) is 0 Å². The van der Waals surface area contributed by atoms with E-state index in [4.69, 9.17) is 38.3 Å². The number of allylic oxidation sites excluding steroid dienone is 4. The molecule has 0 aromatic rings. The smallest absolute Gasteiger partial charge is 0.106 e. The van der Waals surface area contributed by atoms with E-state index >= 15 is 0 Å². The summed E-state index contributed by atoms with van der Waals surface area (Å²) in [6, 6.07) is 0. The number of thiocarbonyl (C=S) groups is 1. The lowest BCUT2D eigenvalue weighted by Crippen LogP contribution is -2.34. The summed E-state index contributed by atoms with van der Waals surface area (Å²) in [6.45, 7) is 9.42. The molecule has 1 fully saturated rings. The highest BCUT2D eigenvalue weighted by Gasteiger charge is 2.19. The molecule has 0 spiro atoms. The molecule has 1 N–H and O–H groups in total. The highest BCUT2D eigenvalue weighted by atomic mass is 35.5. The molecular weight excluding hydrogens is 322 g/mol. The van der Waals surface area contributed by atoms with Gasteiger partial charge in [-0.05, 0) is 38.5 Å². The van der Waals surface area contributed by atoms with E-state index in [2.05, 4.69) is 11.9 Å². The molecule has 0 saturated carbocycles. The molecule has 0 amide bonds. The van der Waals surface area contributed by atoms with E-state index in [1.54, 1.807) is 12.2 Å². The summed E-state index contributed by atoms with van der Waals surface area (Å²) in [4.78, 5) is 10.4. The van der Waals surface area contributed by atoms with Crippen molar-refractivity contribution in [3.63, 3.8) is 0 Å². The Bertz CT molecular complexity index is 476. The lowest BCUT2D eigenvalue weighted by molar-refractivity contribution is -0.318. The maximum absolute atomic E-state index is 6.02. The van der Waals surface area contributed by atoms with Crippen molar-refractivity contribution in [2.45, 2.75) is 20.3 Å². The Labute approximate surface area is 142 Å². The molecule has 4 nitrogen and oxygen atoms in total. The topological polar surface area (TPSA) is 39.7 Å². The standard InChI is InChI=1S/C16H22ClNO3S/c1-12(2)6-8-19-11-15(17)5-4-13(3)18-16(22)14-7-9-20-21-10-14/h4-6,11,14H,3,7-10H2,1-2H3,(H,18,22)/b5-4-,15-11-. The molecule has 0 radical (unpaired) electrons. The van der Waals surface area contributed by atoms with Gasteiger partial charge in [0.15, 0.2) is 0 Å². The zero-order valence-corrected chi connectivity index (χ0v) is 14.5. The number of nitrogens with one attached hydrogen (secondary N) is 1. The van der Waals surface area contributed by atoms with Crippen LogP contribution in [0.1, 0.15) is 20.3 Å². The number of halogens is 1.